The minimum atomic E-state index is -0.368. The molecule has 2 aliphatic heterocycles. The fourth-order valence-electron chi connectivity index (χ4n) is 2.80. The molecule has 0 bridgehead atoms. The zero-order valence-corrected chi connectivity index (χ0v) is 11.2. The van der Waals surface area contributed by atoms with Crippen molar-refractivity contribution in [1.29, 1.82) is 0 Å². The van der Waals surface area contributed by atoms with Crippen LogP contribution in [0.2, 0.25) is 5.02 Å². The van der Waals surface area contributed by atoms with E-state index in [4.69, 9.17) is 16.3 Å². The Balaban J connectivity index is 2.07. The second-order valence-corrected chi connectivity index (χ2v) is 5.35. The number of nitrogens with zero attached hydrogens (tertiary/aromatic N) is 1. The number of aliphatic hydroxyl groups excluding tert-OH is 1. The SMILES string of the molecule is OC[C@@H]1C[C@@H]2CNCCN2c2cc(F)cc(Cl)c2O1. The van der Waals surface area contributed by atoms with E-state index < -0.39 is 0 Å². The van der Waals surface area contributed by atoms with E-state index in [1.165, 1.54) is 12.1 Å². The maximum absolute atomic E-state index is 13.6. The molecule has 2 N–H and O–H groups in total. The standard InChI is InChI=1S/C13H16ClFN2O2/c14-11-3-8(15)4-12-13(11)19-10(7-18)5-9-6-16-1-2-17(9)12/h3-4,9-10,16,18H,1-2,5-7H2/t9-,10+/m1/s1. The Morgan fingerprint density at radius 2 is 2.37 bits per heavy atom. The van der Waals surface area contributed by atoms with E-state index >= 15 is 0 Å². The molecule has 2 aliphatic rings. The highest BCUT2D eigenvalue weighted by molar-refractivity contribution is 6.32. The van der Waals surface area contributed by atoms with Crippen LogP contribution in [0.3, 0.4) is 0 Å². The van der Waals surface area contributed by atoms with Gasteiger partial charge in [0.2, 0.25) is 0 Å². The van der Waals surface area contributed by atoms with Crippen molar-refractivity contribution in [2.24, 2.45) is 0 Å². The van der Waals surface area contributed by atoms with E-state index in [1.807, 2.05) is 0 Å². The summed E-state index contributed by atoms with van der Waals surface area (Å²) in [5.41, 5.74) is 0.687. The van der Waals surface area contributed by atoms with Crippen molar-refractivity contribution < 1.29 is 14.2 Å². The highest BCUT2D eigenvalue weighted by Gasteiger charge is 2.33. The van der Waals surface area contributed by atoms with Crippen LogP contribution in [0.25, 0.3) is 0 Å². The summed E-state index contributed by atoms with van der Waals surface area (Å²) in [7, 11) is 0. The molecule has 0 radical (unpaired) electrons. The monoisotopic (exact) mass is 286 g/mol. The molecule has 0 unspecified atom stereocenters. The summed E-state index contributed by atoms with van der Waals surface area (Å²) >= 11 is 6.08. The zero-order valence-electron chi connectivity index (χ0n) is 10.4. The second kappa shape index (κ2) is 5.15. The number of aliphatic hydroxyl groups is 1. The molecule has 0 amide bonds. The van der Waals surface area contributed by atoms with Gasteiger partial charge in [0.1, 0.15) is 11.9 Å². The first-order valence-electron chi connectivity index (χ1n) is 6.43. The lowest BCUT2D eigenvalue weighted by Gasteiger charge is -2.37. The Morgan fingerprint density at radius 3 is 3.16 bits per heavy atom. The maximum Gasteiger partial charge on any atom is 0.161 e. The van der Waals surface area contributed by atoms with E-state index in [0.717, 1.165) is 19.6 Å². The van der Waals surface area contributed by atoms with Crippen molar-refractivity contribution in [3.8, 4) is 5.75 Å². The Morgan fingerprint density at radius 1 is 1.53 bits per heavy atom. The van der Waals surface area contributed by atoms with Gasteiger partial charge in [0.25, 0.3) is 0 Å². The number of ether oxygens (including phenoxy) is 1. The van der Waals surface area contributed by atoms with Gasteiger partial charge in [0, 0.05) is 38.2 Å². The first-order valence-corrected chi connectivity index (χ1v) is 6.80. The fourth-order valence-corrected chi connectivity index (χ4v) is 3.04. The number of fused-ring (bicyclic) bond motifs is 3. The molecule has 0 saturated carbocycles. The van der Waals surface area contributed by atoms with Crippen molar-refractivity contribution in [2.75, 3.05) is 31.1 Å². The minimum Gasteiger partial charge on any atom is -0.484 e. The predicted octanol–water partition coefficient (Wildman–Crippen LogP) is 1.40. The molecule has 4 nitrogen and oxygen atoms in total. The van der Waals surface area contributed by atoms with Crippen LogP contribution in [0.4, 0.5) is 10.1 Å². The molecule has 2 atom stereocenters. The third-order valence-electron chi connectivity index (χ3n) is 3.67. The van der Waals surface area contributed by atoms with Gasteiger partial charge in [-0.3, -0.25) is 0 Å². The average molecular weight is 287 g/mol. The third-order valence-corrected chi connectivity index (χ3v) is 3.95. The van der Waals surface area contributed by atoms with Gasteiger partial charge >= 0.3 is 0 Å². The van der Waals surface area contributed by atoms with Crippen LogP contribution in [0.1, 0.15) is 6.42 Å². The molecule has 3 rings (SSSR count). The van der Waals surface area contributed by atoms with Gasteiger partial charge in [-0.25, -0.2) is 4.39 Å². The quantitative estimate of drug-likeness (QED) is 0.819. The molecular formula is C13H16ClFN2O2. The molecule has 19 heavy (non-hydrogen) atoms. The van der Waals surface area contributed by atoms with Crippen LogP contribution in [-0.4, -0.2) is 43.5 Å². The lowest BCUT2D eigenvalue weighted by atomic mass is 10.1. The number of halogens is 2. The second-order valence-electron chi connectivity index (χ2n) is 4.95. The van der Waals surface area contributed by atoms with Crippen LogP contribution in [0.5, 0.6) is 5.75 Å². The summed E-state index contributed by atoms with van der Waals surface area (Å²) in [6, 6.07) is 2.89. The highest BCUT2D eigenvalue weighted by Crippen LogP contribution is 2.41. The number of piperazine rings is 1. The molecule has 1 aromatic carbocycles. The van der Waals surface area contributed by atoms with Gasteiger partial charge < -0.3 is 20.1 Å². The molecule has 1 fully saturated rings. The maximum atomic E-state index is 13.6. The van der Waals surface area contributed by atoms with Crippen LogP contribution < -0.4 is 15.0 Å². The molecule has 1 aromatic rings. The van der Waals surface area contributed by atoms with Crippen molar-refractivity contribution in [1.82, 2.24) is 5.32 Å². The van der Waals surface area contributed by atoms with Gasteiger partial charge in [-0.1, -0.05) is 11.6 Å². The number of benzene rings is 1. The van der Waals surface area contributed by atoms with Crippen LogP contribution in [0.15, 0.2) is 12.1 Å². The number of nitrogens with one attached hydrogen (secondary N) is 1. The highest BCUT2D eigenvalue weighted by atomic mass is 35.5. The van der Waals surface area contributed by atoms with Gasteiger partial charge in [-0.15, -0.1) is 0 Å². The van der Waals surface area contributed by atoms with Gasteiger partial charge in [0.05, 0.1) is 17.3 Å². The summed E-state index contributed by atoms with van der Waals surface area (Å²) in [6.45, 7) is 2.34. The number of hydrogen-bond acceptors (Lipinski definition) is 4. The Bertz CT molecular complexity index is 486. The molecule has 1 saturated heterocycles. The van der Waals surface area contributed by atoms with E-state index in [9.17, 15) is 9.50 Å². The normalized spacial score (nSPS) is 26.2. The molecule has 2 heterocycles. The Kier molecular flexibility index (Phi) is 3.52. The molecule has 6 heteroatoms. The molecule has 104 valence electrons. The first-order chi connectivity index (χ1) is 9.19. The Hall–Kier alpha value is -1.04. The molecule has 0 aliphatic carbocycles. The molecule has 0 aromatic heterocycles. The largest absolute Gasteiger partial charge is 0.484 e. The Labute approximate surface area is 116 Å². The van der Waals surface area contributed by atoms with Crippen molar-refractivity contribution in [3.05, 3.63) is 23.0 Å². The van der Waals surface area contributed by atoms with Crippen molar-refractivity contribution in [3.63, 3.8) is 0 Å². The topological polar surface area (TPSA) is 44.7 Å². The summed E-state index contributed by atoms with van der Waals surface area (Å²) in [5, 5.41) is 13.0. The van der Waals surface area contributed by atoms with Gasteiger partial charge in [0.15, 0.2) is 5.75 Å². The summed E-state index contributed by atoms with van der Waals surface area (Å²) in [5.74, 6) is 0.110. The summed E-state index contributed by atoms with van der Waals surface area (Å²) in [4.78, 5) is 2.12. The fraction of sp³-hybridized carbons (Fsp3) is 0.538. The van der Waals surface area contributed by atoms with Gasteiger partial charge in [-0.05, 0) is 6.07 Å². The van der Waals surface area contributed by atoms with Crippen molar-refractivity contribution >= 4 is 17.3 Å². The van der Waals surface area contributed by atoms with Crippen molar-refractivity contribution in [2.45, 2.75) is 18.6 Å². The lowest BCUT2D eigenvalue weighted by molar-refractivity contribution is 0.107. The lowest BCUT2D eigenvalue weighted by Crippen LogP contribution is -2.52. The number of hydrogen-bond donors (Lipinski definition) is 2. The third kappa shape index (κ3) is 2.38. The zero-order chi connectivity index (χ0) is 13.4. The van der Waals surface area contributed by atoms with Crippen LogP contribution >= 0.6 is 11.6 Å². The summed E-state index contributed by atoms with van der Waals surface area (Å²) < 4.78 is 19.4. The summed E-state index contributed by atoms with van der Waals surface area (Å²) in [6.07, 6.45) is 0.382. The van der Waals surface area contributed by atoms with E-state index in [2.05, 4.69) is 10.2 Å². The molecular weight excluding hydrogens is 271 g/mol. The first kappa shape index (κ1) is 13.0. The minimum absolute atomic E-state index is 0.0719. The smallest absolute Gasteiger partial charge is 0.161 e. The number of rotatable bonds is 1. The van der Waals surface area contributed by atoms with Crippen LogP contribution in [0, 0.1) is 5.82 Å². The predicted molar refractivity (Wildman–Crippen MR) is 71.5 cm³/mol. The molecule has 0 spiro atoms. The van der Waals surface area contributed by atoms with Crippen LogP contribution in [-0.2, 0) is 0 Å². The van der Waals surface area contributed by atoms with E-state index in [1.54, 1.807) is 0 Å². The number of anilines is 1. The van der Waals surface area contributed by atoms with E-state index in [0.29, 0.717) is 17.9 Å². The average Bonchev–Trinajstić information content (AvgIpc) is 2.56. The van der Waals surface area contributed by atoms with E-state index in [-0.39, 0.29) is 29.6 Å². The van der Waals surface area contributed by atoms with Gasteiger partial charge in [-0.2, -0.15) is 0 Å².